The Morgan fingerprint density at radius 1 is 1.53 bits per heavy atom. The van der Waals surface area contributed by atoms with E-state index in [-0.39, 0.29) is 6.54 Å². The molecule has 0 fully saturated rings. The van der Waals surface area contributed by atoms with Gasteiger partial charge in [-0.3, -0.25) is 4.99 Å². The largest absolute Gasteiger partial charge is 0.495 e. The molecule has 6 heteroatoms. The van der Waals surface area contributed by atoms with E-state index in [0.29, 0.717) is 15.8 Å². The molecule has 17 heavy (non-hydrogen) atoms. The van der Waals surface area contributed by atoms with Crippen LogP contribution < -0.4 is 4.74 Å². The van der Waals surface area contributed by atoms with Crippen molar-refractivity contribution in [3.8, 4) is 5.75 Å². The number of ether oxygens (including phenoxy) is 2. The molecule has 1 rings (SSSR count). The molecule has 92 valence electrons. The fourth-order valence-corrected chi connectivity index (χ4v) is 1.87. The number of carbonyl (C=O) groups excluding carboxylic acids is 1. The summed E-state index contributed by atoms with van der Waals surface area (Å²) in [5.41, 5.74) is 0.541. The molecule has 0 spiro atoms. The van der Waals surface area contributed by atoms with E-state index in [0.717, 1.165) is 6.21 Å². The molecule has 0 radical (unpaired) electrons. The van der Waals surface area contributed by atoms with Crippen LogP contribution in [0.1, 0.15) is 5.56 Å². The summed E-state index contributed by atoms with van der Waals surface area (Å²) in [7, 11) is 2.74. The van der Waals surface area contributed by atoms with Crippen LogP contribution >= 0.6 is 15.9 Å². The summed E-state index contributed by atoms with van der Waals surface area (Å²) in [5, 5.41) is 0. The first-order valence-corrected chi connectivity index (χ1v) is 5.47. The topological polar surface area (TPSA) is 47.9 Å². The number of carbonyl (C=O) groups is 1. The third-order valence-corrected chi connectivity index (χ3v) is 2.54. The third kappa shape index (κ3) is 3.81. The van der Waals surface area contributed by atoms with E-state index in [9.17, 15) is 9.18 Å². The molecule has 0 N–H and O–H groups in total. The highest BCUT2D eigenvalue weighted by Crippen LogP contribution is 2.30. The van der Waals surface area contributed by atoms with E-state index in [1.807, 2.05) is 0 Å². The quantitative estimate of drug-likeness (QED) is 0.633. The summed E-state index contributed by atoms with van der Waals surface area (Å²) in [6.45, 7) is 0.134. The summed E-state index contributed by atoms with van der Waals surface area (Å²) in [6, 6.07) is 2.60. The smallest absolute Gasteiger partial charge is 0.348 e. The van der Waals surface area contributed by atoms with E-state index in [1.54, 1.807) is 0 Å². The average Bonchev–Trinajstić information content (AvgIpc) is 2.28. The Morgan fingerprint density at radius 2 is 2.24 bits per heavy atom. The molecule has 0 heterocycles. The van der Waals surface area contributed by atoms with Crippen LogP contribution in [-0.4, -0.2) is 26.4 Å². The Hall–Kier alpha value is -1.43. The van der Waals surface area contributed by atoms with Gasteiger partial charge < -0.3 is 9.47 Å². The van der Waals surface area contributed by atoms with E-state index in [4.69, 9.17) is 4.74 Å². The van der Waals surface area contributed by atoms with Gasteiger partial charge in [-0.2, -0.15) is 0 Å². The average molecular weight is 304 g/mol. The van der Waals surface area contributed by atoms with Gasteiger partial charge >= 0.3 is 5.97 Å². The van der Waals surface area contributed by atoms with Crippen LogP contribution in [0.3, 0.4) is 0 Å². The zero-order valence-corrected chi connectivity index (χ0v) is 11.0. The molecule has 1 aromatic carbocycles. The highest BCUT2D eigenvalue weighted by Gasteiger charge is 2.09. The third-order valence-electron chi connectivity index (χ3n) is 1.95. The van der Waals surface area contributed by atoms with Crippen LogP contribution in [0.2, 0.25) is 0 Å². The van der Waals surface area contributed by atoms with Gasteiger partial charge in [-0.1, -0.05) is 0 Å². The lowest BCUT2D eigenvalue weighted by atomic mass is 10.2. The van der Waals surface area contributed by atoms with Gasteiger partial charge in [0.05, 0.1) is 25.2 Å². The first-order chi connectivity index (χ1) is 8.08. The Labute approximate surface area is 107 Å². The molecule has 0 bridgehead atoms. The Bertz CT molecular complexity index is 449. The van der Waals surface area contributed by atoms with Crippen molar-refractivity contribution in [2.45, 2.75) is 6.54 Å². The fourth-order valence-electron chi connectivity index (χ4n) is 1.23. The van der Waals surface area contributed by atoms with Crippen LogP contribution in [0, 0.1) is 5.82 Å². The molecule has 0 aliphatic carbocycles. The van der Waals surface area contributed by atoms with Gasteiger partial charge in [0.2, 0.25) is 0 Å². The first-order valence-electron chi connectivity index (χ1n) is 4.68. The van der Waals surface area contributed by atoms with E-state index in [1.165, 1.54) is 26.4 Å². The van der Waals surface area contributed by atoms with Gasteiger partial charge in [0.1, 0.15) is 17.8 Å². The predicted molar refractivity (Wildman–Crippen MR) is 64.9 cm³/mol. The number of hydrogen-bond acceptors (Lipinski definition) is 4. The molecule has 0 atom stereocenters. The number of hydrogen-bond donors (Lipinski definition) is 0. The zero-order valence-electron chi connectivity index (χ0n) is 9.37. The van der Waals surface area contributed by atoms with Crippen LogP contribution in [0.4, 0.5) is 4.39 Å². The van der Waals surface area contributed by atoms with Crippen LogP contribution in [0.15, 0.2) is 21.6 Å². The predicted octanol–water partition coefficient (Wildman–Crippen LogP) is 2.34. The van der Waals surface area contributed by atoms with Gasteiger partial charge in [0, 0.05) is 5.56 Å². The molecule has 0 aliphatic rings. The molecule has 0 unspecified atom stereocenters. The van der Waals surface area contributed by atoms with E-state index < -0.39 is 11.8 Å². The summed E-state index contributed by atoms with van der Waals surface area (Å²) in [4.78, 5) is 14.6. The molecular weight excluding hydrogens is 293 g/mol. The van der Waals surface area contributed by atoms with Gasteiger partial charge in [0.25, 0.3) is 0 Å². The fraction of sp³-hybridized carbons (Fsp3) is 0.273. The lowest BCUT2D eigenvalue weighted by Gasteiger charge is -2.08. The maximum atomic E-state index is 13.2. The molecule has 4 nitrogen and oxygen atoms in total. The number of halogens is 2. The summed E-state index contributed by atoms with van der Waals surface area (Å²) in [5.74, 6) is -0.464. The van der Waals surface area contributed by atoms with E-state index >= 15 is 0 Å². The molecule has 1 aromatic rings. The highest BCUT2D eigenvalue weighted by atomic mass is 79.9. The van der Waals surface area contributed by atoms with Crippen LogP contribution in [0.5, 0.6) is 5.75 Å². The second kappa shape index (κ2) is 6.34. The molecule has 0 aromatic heterocycles. The zero-order chi connectivity index (χ0) is 12.8. The van der Waals surface area contributed by atoms with Gasteiger partial charge in [-0.05, 0) is 28.1 Å². The molecule has 0 saturated heterocycles. The van der Waals surface area contributed by atoms with Crippen molar-refractivity contribution in [2.24, 2.45) is 4.99 Å². The van der Waals surface area contributed by atoms with Crippen molar-refractivity contribution < 1.29 is 18.7 Å². The van der Waals surface area contributed by atoms with Crippen LogP contribution in [-0.2, 0) is 16.1 Å². The molecule has 0 saturated carbocycles. The van der Waals surface area contributed by atoms with Crippen LogP contribution in [0.25, 0.3) is 0 Å². The standard InChI is InChI=1S/C11H11BrFNO3/c1-16-10(15)6-14-5-7-3-8(13)4-9(12)11(7)17-2/h3-4,6H,5H2,1-2H3/b14-6+. The van der Waals surface area contributed by atoms with Crippen molar-refractivity contribution >= 4 is 28.1 Å². The van der Waals surface area contributed by atoms with Gasteiger partial charge in [-0.25, -0.2) is 9.18 Å². The Kier molecular flexibility index (Phi) is 5.09. The Morgan fingerprint density at radius 3 is 2.82 bits per heavy atom. The minimum Gasteiger partial charge on any atom is -0.495 e. The number of benzene rings is 1. The maximum Gasteiger partial charge on any atom is 0.348 e. The van der Waals surface area contributed by atoms with Gasteiger partial charge in [0.15, 0.2) is 0 Å². The molecule has 0 amide bonds. The molecule has 0 aliphatic heterocycles. The maximum absolute atomic E-state index is 13.2. The molecular formula is C11H11BrFNO3. The van der Waals surface area contributed by atoms with Crippen molar-refractivity contribution in [3.05, 3.63) is 28.0 Å². The number of nitrogens with zero attached hydrogens (tertiary/aromatic N) is 1. The second-order valence-corrected chi connectivity index (χ2v) is 3.93. The summed E-state index contributed by atoms with van der Waals surface area (Å²) >= 11 is 3.18. The minimum atomic E-state index is -0.556. The van der Waals surface area contributed by atoms with Crippen molar-refractivity contribution in [3.63, 3.8) is 0 Å². The SMILES string of the molecule is COC(=O)/C=N/Cc1cc(F)cc(Br)c1OC. The van der Waals surface area contributed by atoms with Crippen molar-refractivity contribution in [2.75, 3.05) is 14.2 Å². The normalized spacial score (nSPS) is 10.6. The number of methoxy groups -OCH3 is 2. The van der Waals surface area contributed by atoms with Crippen molar-refractivity contribution in [1.82, 2.24) is 0 Å². The van der Waals surface area contributed by atoms with Crippen molar-refractivity contribution in [1.29, 1.82) is 0 Å². The summed E-state index contributed by atoms with van der Waals surface area (Å²) < 4.78 is 23.2. The summed E-state index contributed by atoms with van der Waals surface area (Å²) in [6.07, 6.45) is 1.04. The highest BCUT2D eigenvalue weighted by molar-refractivity contribution is 9.10. The number of aliphatic imine (C=N–C) groups is 1. The lowest BCUT2D eigenvalue weighted by Crippen LogP contribution is -2.01. The second-order valence-electron chi connectivity index (χ2n) is 3.07. The van der Waals surface area contributed by atoms with Gasteiger partial charge in [-0.15, -0.1) is 0 Å². The lowest BCUT2D eigenvalue weighted by molar-refractivity contribution is -0.132. The Balaban J connectivity index is 2.90. The number of esters is 1. The minimum absolute atomic E-state index is 0.134. The first kappa shape index (κ1) is 13.6. The number of rotatable bonds is 4. The monoisotopic (exact) mass is 303 g/mol. The van der Waals surface area contributed by atoms with E-state index in [2.05, 4.69) is 25.7 Å².